The molecule has 4 rings (SSSR count). The first-order valence-corrected chi connectivity index (χ1v) is 8.75. The number of para-hydroxylation sites is 1. The Bertz CT molecular complexity index is 766. The number of allylic oxidation sites excluding steroid dienone is 2. The minimum Gasteiger partial charge on any atom is -0.486 e. The summed E-state index contributed by atoms with van der Waals surface area (Å²) in [5.41, 5.74) is 0.891. The van der Waals surface area contributed by atoms with Crippen molar-refractivity contribution in [1.29, 1.82) is 0 Å². The van der Waals surface area contributed by atoms with Gasteiger partial charge in [0.25, 0.3) is 0 Å². The minimum absolute atomic E-state index is 0.0562. The van der Waals surface area contributed by atoms with Crippen LogP contribution in [0.2, 0.25) is 0 Å². The van der Waals surface area contributed by atoms with Gasteiger partial charge in [-0.3, -0.25) is 9.78 Å². The first-order chi connectivity index (χ1) is 11.8. The monoisotopic (exact) mass is 322 g/mol. The summed E-state index contributed by atoms with van der Waals surface area (Å²) in [5, 5.41) is 1.08. The lowest BCUT2D eigenvalue weighted by molar-refractivity contribution is -0.135. The second kappa shape index (κ2) is 6.63. The molecule has 1 aliphatic carbocycles. The number of benzene rings is 1. The molecule has 2 aliphatic rings. The summed E-state index contributed by atoms with van der Waals surface area (Å²) in [4.78, 5) is 19.1. The van der Waals surface area contributed by atoms with E-state index in [0.717, 1.165) is 48.9 Å². The van der Waals surface area contributed by atoms with Crippen LogP contribution in [0.3, 0.4) is 0 Å². The molecule has 2 unspecified atom stereocenters. The van der Waals surface area contributed by atoms with Crippen molar-refractivity contribution in [1.82, 2.24) is 9.88 Å². The van der Waals surface area contributed by atoms with E-state index in [0.29, 0.717) is 12.5 Å². The van der Waals surface area contributed by atoms with Gasteiger partial charge in [-0.05, 0) is 31.4 Å². The summed E-state index contributed by atoms with van der Waals surface area (Å²) in [5.74, 6) is 1.27. The number of hydrogen-bond acceptors (Lipinski definition) is 3. The van der Waals surface area contributed by atoms with Crippen molar-refractivity contribution in [2.45, 2.75) is 31.8 Å². The van der Waals surface area contributed by atoms with Crippen LogP contribution in [0.1, 0.15) is 25.7 Å². The Morgan fingerprint density at radius 1 is 1.17 bits per heavy atom. The Morgan fingerprint density at radius 2 is 2.08 bits per heavy atom. The number of fused-ring (bicyclic) bond motifs is 1. The van der Waals surface area contributed by atoms with Crippen molar-refractivity contribution in [2.24, 2.45) is 5.92 Å². The van der Waals surface area contributed by atoms with E-state index >= 15 is 0 Å². The van der Waals surface area contributed by atoms with E-state index in [1.54, 1.807) is 6.20 Å². The molecule has 2 aromatic rings. The number of likely N-dealkylation sites (tertiary alicyclic amines) is 1. The van der Waals surface area contributed by atoms with Crippen molar-refractivity contribution >= 4 is 16.8 Å². The van der Waals surface area contributed by atoms with Crippen LogP contribution >= 0.6 is 0 Å². The zero-order chi connectivity index (χ0) is 16.4. The van der Waals surface area contributed by atoms with E-state index in [1.807, 2.05) is 35.2 Å². The SMILES string of the molecule is O=C(C1CC=CCC1)N1CCC(Oc2cccc3cccnc23)C1. The fraction of sp³-hybridized carbons (Fsp3) is 0.400. The molecule has 4 heteroatoms. The van der Waals surface area contributed by atoms with E-state index in [-0.39, 0.29) is 12.0 Å². The van der Waals surface area contributed by atoms with Crippen LogP contribution in [-0.4, -0.2) is 35.0 Å². The van der Waals surface area contributed by atoms with Gasteiger partial charge in [-0.25, -0.2) is 0 Å². The number of ether oxygens (including phenoxy) is 1. The number of nitrogens with zero attached hydrogens (tertiary/aromatic N) is 2. The van der Waals surface area contributed by atoms with Gasteiger partial charge >= 0.3 is 0 Å². The Kier molecular flexibility index (Phi) is 4.20. The Balaban J connectivity index is 1.43. The lowest BCUT2D eigenvalue weighted by Crippen LogP contribution is -2.36. The molecule has 1 amide bonds. The van der Waals surface area contributed by atoms with Crippen molar-refractivity contribution in [2.75, 3.05) is 13.1 Å². The molecular weight excluding hydrogens is 300 g/mol. The molecule has 0 bridgehead atoms. The maximum atomic E-state index is 12.6. The average Bonchev–Trinajstić information content (AvgIpc) is 3.11. The molecule has 2 heterocycles. The molecule has 124 valence electrons. The smallest absolute Gasteiger partial charge is 0.226 e. The van der Waals surface area contributed by atoms with E-state index in [4.69, 9.17) is 4.74 Å². The van der Waals surface area contributed by atoms with Crippen LogP contribution in [-0.2, 0) is 4.79 Å². The van der Waals surface area contributed by atoms with Gasteiger partial charge in [0.1, 0.15) is 17.4 Å². The van der Waals surface area contributed by atoms with Crippen molar-refractivity contribution < 1.29 is 9.53 Å². The van der Waals surface area contributed by atoms with Crippen LogP contribution in [0, 0.1) is 5.92 Å². The molecule has 0 spiro atoms. The first-order valence-electron chi connectivity index (χ1n) is 8.75. The average molecular weight is 322 g/mol. The highest BCUT2D eigenvalue weighted by molar-refractivity contribution is 5.84. The second-order valence-corrected chi connectivity index (χ2v) is 6.63. The quantitative estimate of drug-likeness (QED) is 0.811. The van der Waals surface area contributed by atoms with Crippen LogP contribution < -0.4 is 4.74 Å². The van der Waals surface area contributed by atoms with Crippen molar-refractivity contribution in [3.63, 3.8) is 0 Å². The summed E-state index contributed by atoms with van der Waals surface area (Å²) in [6, 6.07) is 9.96. The summed E-state index contributed by atoms with van der Waals surface area (Å²) in [7, 11) is 0. The van der Waals surface area contributed by atoms with Gasteiger partial charge < -0.3 is 9.64 Å². The van der Waals surface area contributed by atoms with Crippen molar-refractivity contribution in [3.8, 4) is 5.75 Å². The van der Waals surface area contributed by atoms with Gasteiger partial charge in [-0.1, -0.05) is 30.4 Å². The minimum atomic E-state index is 0.0562. The summed E-state index contributed by atoms with van der Waals surface area (Å²) in [6.07, 6.45) is 9.92. The van der Waals surface area contributed by atoms with Crippen LogP contribution in [0.5, 0.6) is 5.75 Å². The molecule has 1 aliphatic heterocycles. The van der Waals surface area contributed by atoms with Gasteiger partial charge in [0.2, 0.25) is 5.91 Å². The maximum Gasteiger partial charge on any atom is 0.226 e. The third-order valence-corrected chi connectivity index (χ3v) is 4.96. The number of carbonyl (C=O) groups is 1. The highest BCUT2D eigenvalue weighted by Gasteiger charge is 2.31. The van der Waals surface area contributed by atoms with Crippen LogP contribution in [0.4, 0.5) is 0 Å². The lowest BCUT2D eigenvalue weighted by Gasteiger charge is -2.24. The molecule has 1 aromatic heterocycles. The number of carbonyl (C=O) groups excluding carboxylic acids is 1. The van der Waals surface area contributed by atoms with Crippen LogP contribution in [0.15, 0.2) is 48.7 Å². The molecular formula is C20H22N2O2. The molecule has 24 heavy (non-hydrogen) atoms. The van der Waals surface area contributed by atoms with Gasteiger partial charge in [0.05, 0.1) is 6.54 Å². The standard InChI is InChI=1S/C20H22N2O2/c23-20(16-6-2-1-3-7-16)22-13-11-17(14-22)24-18-10-4-8-15-9-5-12-21-19(15)18/h1-2,4-5,8-10,12,16-17H,3,6-7,11,13-14H2. The Hall–Kier alpha value is -2.36. The summed E-state index contributed by atoms with van der Waals surface area (Å²) >= 11 is 0. The number of aromatic nitrogens is 1. The van der Waals surface area contributed by atoms with Crippen LogP contribution in [0.25, 0.3) is 10.9 Å². The zero-order valence-electron chi connectivity index (χ0n) is 13.7. The number of amides is 1. The summed E-state index contributed by atoms with van der Waals surface area (Å²) < 4.78 is 6.19. The molecule has 1 fully saturated rings. The number of hydrogen-bond donors (Lipinski definition) is 0. The highest BCUT2D eigenvalue weighted by atomic mass is 16.5. The lowest BCUT2D eigenvalue weighted by atomic mass is 9.93. The fourth-order valence-corrected chi connectivity index (χ4v) is 3.65. The van der Waals surface area contributed by atoms with E-state index in [1.165, 1.54) is 0 Å². The van der Waals surface area contributed by atoms with E-state index < -0.39 is 0 Å². The third-order valence-electron chi connectivity index (χ3n) is 4.96. The molecule has 0 N–H and O–H groups in total. The highest BCUT2D eigenvalue weighted by Crippen LogP contribution is 2.28. The predicted molar refractivity (Wildman–Crippen MR) is 93.8 cm³/mol. The largest absolute Gasteiger partial charge is 0.486 e. The third kappa shape index (κ3) is 3.01. The number of pyridine rings is 1. The molecule has 1 aromatic carbocycles. The maximum absolute atomic E-state index is 12.6. The van der Waals surface area contributed by atoms with E-state index in [9.17, 15) is 4.79 Å². The molecule has 0 radical (unpaired) electrons. The summed E-state index contributed by atoms with van der Waals surface area (Å²) in [6.45, 7) is 1.48. The van der Waals surface area contributed by atoms with Crippen molar-refractivity contribution in [3.05, 3.63) is 48.7 Å². The Morgan fingerprint density at radius 3 is 2.96 bits per heavy atom. The van der Waals surface area contributed by atoms with Gasteiger partial charge in [-0.15, -0.1) is 0 Å². The topological polar surface area (TPSA) is 42.4 Å². The number of rotatable bonds is 3. The first kappa shape index (κ1) is 15.2. The Labute approximate surface area is 142 Å². The molecule has 1 saturated heterocycles. The van der Waals surface area contributed by atoms with Gasteiger partial charge in [0.15, 0.2) is 0 Å². The second-order valence-electron chi connectivity index (χ2n) is 6.63. The predicted octanol–water partition coefficient (Wildman–Crippen LogP) is 3.57. The molecule has 4 nitrogen and oxygen atoms in total. The zero-order valence-corrected chi connectivity index (χ0v) is 13.7. The fourth-order valence-electron chi connectivity index (χ4n) is 3.65. The molecule has 2 atom stereocenters. The molecule has 0 saturated carbocycles. The van der Waals surface area contributed by atoms with Gasteiger partial charge in [-0.2, -0.15) is 0 Å². The van der Waals surface area contributed by atoms with E-state index in [2.05, 4.69) is 17.1 Å². The normalized spacial score (nSPS) is 23.6. The van der Waals surface area contributed by atoms with Gasteiger partial charge in [0, 0.05) is 30.5 Å².